The molecule has 0 aromatic rings. The van der Waals surface area contributed by atoms with Crippen molar-refractivity contribution in [3.63, 3.8) is 0 Å². The zero-order valence-corrected chi connectivity index (χ0v) is 10.6. The monoisotopic (exact) mass is 243 g/mol. The van der Waals surface area contributed by atoms with Crippen LogP contribution in [-0.4, -0.2) is 42.5 Å². The lowest BCUT2D eigenvalue weighted by atomic mass is 10.2. The highest BCUT2D eigenvalue weighted by Gasteiger charge is 2.16. The van der Waals surface area contributed by atoms with Gasteiger partial charge in [-0.3, -0.25) is 5.32 Å². The molecule has 0 aliphatic rings. The normalized spacial score (nSPS) is 12.6. The molecule has 1 amide bonds. The van der Waals surface area contributed by atoms with Gasteiger partial charge in [0.05, 0.1) is 18.7 Å². The minimum absolute atomic E-state index is 0.0162. The van der Waals surface area contributed by atoms with Crippen molar-refractivity contribution >= 4 is 6.09 Å². The van der Waals surface area contributed by atoms with Crippen molar-refractivity contribution < 1.29 is 14.6 Å². The van der Waals surface area contributed by atoms with E-state index in [4.69, 9.17) is 15.1 Å². The van der Waals surface area contributed by atoms with E-state index >= 15 is 0 Å². The van der Waals surface area contributed by atoms with Crippen molar-refractivity contribution in [1.82, 2.24) is 10.6 Å². The molecule has 0 rings (SSSR count). The third-order valence-electron chi connectivity index (χ3n) is 1.76. The Morgan fingerprint density at radius 2 is 2.12 bits per heavy atom. The quantitative estimate of drug-likeness (QED) is 0.626. The maximum Gasteiger partial charge on any atom is 0.407 e. The van der Waals surface area contributed by atoms with Crippen LogP contribution in [0.2, 0.25) is 0 Å². The lowest BCUT2D eigenvalue weighted by Crippen LogP contribution is -2.37. The SMILES string of the molecule is CC(C)(C)OC(=O)NCCC(C#N)NCCO. The van der Waals surface area contributed by atoms with Gasteiger partial charge in [0.1, 0.15) is 5.60 Å². The lowest BCUT2D eigenvalue weighted by Gasteiger charge is -2.20. The van der Waals surface area contributed by atoms with Gasteiger partial charge < -0.3 is 15.2 Å². The first-order chi connectivity index (χ1) is 7.89. The van der Waals surface area contributed by atoms with E-state index < -0.39 is 11.7 Å². The van der Waals surface area contributed by atoms with E-state index in [1.165, 1.54) is 0 Å². The van der Waals surface area contributed by atoms with Crippen LogP contribution in [0.25, 0.3) is 0 Å². The molecule has 17 heavy (non-hydrogen) atoms. The predicted molar refractivity (Wildman–Crippen MR) is 63.3 cm³/mol. The van der Waals surface area contributed by atoms with Gasteiger partial charge in [-0.2, -0.15) is 5.26 Å². The third-order valence-corrected chi connectivity index (χ3v) is 1.76. The van der Waals surface area contributed by atoms with Crippen LogP contribution >= 0.6 is 0 Å². The number of rotatable bonds is 6. The number of alkyl carbamates (subject to hydrolysis) is 1. The van der Waals surface area contributed by atoms with Crippen molar-refractivity contribution in [1.29, 1.82) is 5.26 Å². The summed E-state index contributed by atoms with van der Waals surface area (Å²) in [4.78, 5) is 11.3. The number of carbonyl (C=O) groups is 1. The number of nitrogens with one attached hydrogen (secondary N) is 2. The zero-order valence-electron chi connectivity index (χ0n) is 10.6. The molecule has 1 unspecified atom stereocenters. The Morgan fingerprint density at radius 1 is 1.47 bits per heavy atom. The van der Waals surface area contributed by atoms with E-state index in [0.29, 0.717) is 19.5 Å². The molecular formula is C11H21N3O3. The van der Waals surface area contributed by atoms with Gasteiger partial charge in [0.25, 0.3) is 0 Å². The van der Waals surface area contributed by atoms with Crippen LogP contribution in [0.4, 0.5) is 4.79 Å². The molecule has 0 aliphatic carbocycles. The highest BCUT2D eigenvalue weighted by molar-refractivity contribution is 5.67. The molecule has 0 aromatic heterocycles. The first-order valence-electron chi connectivity index (χ1n) is 5.59. The highest BCUT2D eigenvalue weighted by atomic mass is 16.6. The smallest absolute Gasteiger partial charge is 0.407 e. The van der Waals surface area contributed by atoms with E-state index in [1.807, 2.05) is 6.07 Å². The molecule has 0 spiro atoms. The van der Waals surface area contributed by atoms with Crippen molar-refractivity contribution in [3.8, 4) is 6.07 Å². The predicted octanol–water partition coefficient (Wildman–Crippen LogP) is 0.375. The maximum atomic E-state index is 11.3. The molecule has 0 bridgehead atoms. The summed E-state index contributed by atoms with van der Waals surface area (Å²) in [5.41, 5.74) is -0.520. The van der Waals surface area contributed by atoms with Gasteiger partial charge in [-0.1, -0.05) is 0 Å². The van der Waals surface area contributed by atoms with Crippen LogP contribution in [0.3, 0.4) is 0 Å². The van der Waals surface area contributed by atoms with E-state index in [9.17, 15) is 4.79 Å². The summed E-state index contributed by atoms with van der Waals surface area (Å²) >= 11 is 0. The van der Waals surface area contributed by atoms with E-state index in [2.05, 4.69) is 10.6 Å². The first-order valence-corrected chi connectivity index (χ1v) is 5.59. The van der Waals surface area contributed by atoms with Crippen LogP contribution in [0, 0.1) is 11.3 Å². The molecule has 6 nitrogen and oxygen atoms in total. The molecule has 0 aliphatic heterocycles. The molecule has 3 N–H and O–H groups in total. The fraction of sp³-hybridized carbons (Fsp3) is 0.818. The van der Waals surface area contributed by atoms with Gasteiger partial charge in [0.2, 0.25) is 0 Å². The van der Waals surface area contributed by atoms with E-state index in [0.717, 1.165) is 0 Å². The van der Waals surface area contributed by atoms with Crippen molar-refractivity contribution in [3.05, 3.63) is 0 Å². The number of nitriles is 1. The topological polar surface area (TPSA) is 94.4 Å². The van der Waals surface area contributed by atoms with Crippen LogP contribution in [-0.2, 0) is 4.74 Å². The summed E-state index contributed by atoms with van der Waals surface area (Å²) in [5.74, 6) is 0. The summed E-state index contributed by atoms with van der Waals surface area (Å²) in [6.07, 6.45) is -0.0215. The van der Waals surface area contributed by atoms with Crippen molar-refractivity contribution in [2.24, 2.45) is 0 Å². The second-order valence-electron chi connectivity index (χ2n) is 4.58. The number of hydrogen-bond donors (Lipinski definition) is 3. The number of ether oxygens (including phenoxy) is 1. The largest absolute Gasteiger partial charge is 0.444 e. The van der Waals surface area contributed by atoms with Gasteiger partial charge >= 0.3 is 6.09 Å². The molecule has 0 radical (unpaired) electrons. The molecule has 0 saturated heterocycles. The number of carbonyl (C=O) groups excluding carboxylic acids is 1. The van der Waals surface area contributed by atoms with Gasteiger partial charge in [-0.15, -0.1) is 0 Å². The first kappa shape index (κ1) is 15.7. The molecule has 0 aromatic carbocycles. The van der Waals surface area contributed by atoms with E-state index in [1.54, 1.807) is 20.8 Å². The Morgan fingerprint density at radius 3 is 2.59 bits per heavy atom. The molecule has 0 heterocycles. The molecule has 98 valence electrons. The van der Waals surface area contributed by atoms with Crippen LogP contribution in [0.1, 0.15) is 27.2 Å². The second-order valence-corrected chi connectivity index (χ2v) is 4.58. The molecule has 6 heteroatoms. The average Bonchev–Trinajstić information content (AvgIpc) is 2.20. The number of amides is 1. The minimum atomic E-state index is -0.520. The molecule has 1 atom stereocenters. The Bertz CT molecular complexity index is 268. The lowest BCUT2D eigenvalue weighted by molar-refractivity contribution is 0.0526. The number of aliphatic hydroxyl groups is 1. The number of hydrogen-bond acceptors (Lipinski definition) is 5. The summed E-state index contributed by atoms with van der Waals surface area (Å²) in [6.45, 7) is 6.06. The fourth-order valence-electron chi connectivity index (χ4n) is 1.08. The van der Waals surface area contributed by atoms with Crippen molar-refractivity contribution in [2.75, 3.05) is 19.7 Å². The summed E-state index contributed by atoms with van der Waals surface area (Å²) < 4.78 is 5.04. The average molecular weight is 243 g/mol. The Balaban J connectivity index is 3.75. The Hall–Kier alpha value is -1.32. The summed E-state index contributed by atoms with van der Waals surface area (Å²) in [7, 11) is 0. The van der Waals surface area contributed by atoms with Crippen LogP contribution < -0.4 is 10.6 Å². The summed E-state index contributed by atoms with van der Waals surface area (Å²) in [6, 6.07) is 1.67. The molecule has 0 saturated carbocycles. The number of aliphatic hydroxyl groups excluding tert-OH is 1. The highest BCUT2D eigenvalue weighted by Crippen LogP contribution is 2.06. The van der Waals surface area contributed by atoms with Gasteiger partial charge in [0, 0.05) is 13.1 Å². The molecule has 0 fully saturated rings. The second kappa shape index (κ2) is 7.87. The number of nitrogens with zero attached hydrogens (tertiary/aromatic N) is 1. The Labute approximate surface area is 102 Å². The third kappa shape index (κ3) is 9.60. The zero-order chi connectivity index (χ0) is 13.3. The van der Waals surface area contributed by atoms with E-state index in [-0.39, 0.29) is 12.6 Å². The van der Waals surface area contributed by atoms with Crippen molar-refractivity contribution in [2.45, 2.75) is 38.8 Å². The standard InChI is InChI=1S/C11H21N3O3/c1-11(2,3)17-10(16)14-5-4-9(8-12)13-6-7-15/h9,13,15H,4-7H2,1-3H3,(H,14,16). The fourth-order valence-corrected chi connectivity index (χ4v) is 1.08. The van der Waals surface area contributed by atoms with Crippen LogP contribution in [0.5, 0.6) is 0 Å². The minimum Gasteiger partial charge on any atom is -0.444 e. The van der Waals surface area contributed by atoms with Gasteiger partial charge in [-0.25, -0.2) is 4.79 Å². The van der Waals surface area contributed by atoms with Gasteiger partial charge in [-0.05, 0) is 27.2 Å². The maximum absolute atomic E-state index is 11.3. The Kier molecular flexibility index (Phi) is 7.26. The summed E-state index contributed by atoms with van der Waals surface area (Å²) in [5, 5.41) is 22.8. The van der Waals surface area contributed by atoms with Gasteiger partial charge in [0.15, 0.2) is 0 Å². The molecular weight excluding hydrogens is 222 g/mol. The van der Waals surface area contributed by atoms with Crippen LogP contribution in [0.15, 0.2) is 0 Å².